The lowest BCUT2D eigenvalue weighted by atomic mass is 9.77. The fourth-order valence-electron chi connectivity index (χ4n) is 2.18. The Balaban J connectivity index is 2.67. The normalized spacial score (nSPS) is 11.7. The van der Waals surface area contributed by atoms with Crippen molar-refractivity contribution in [1.82, 2.24) is 0 Å². The van der Waals surface area contributed by atoms with Gasteiger partial charge in [-0.15, -0.1) is 0 Å². The standard InChI is InChI=1S/C15H13Br4NO/c1-15(2,7-3-11(18)14(21)12(19)4-7)9-5-8(16)6-10(17)13(9)20/h3-6,21H,20H2,1-2H3. The van der Waals surface area contributed by atoms with Crippen molar-refractivity contribution in [1.29, 1.82) is 0 Å². The predicted octanol–water partition coefficient (Wildman–Crippen LogP) is 6.35. The molecule has 2 aromatic rings. The number of nitrogens with two attached hydrogens (primary N) is 1. The highest BCUT2D eigenvalue weighted by Gasteiger charge is 2.28. The summed E-state index contributed by atoms with van der Waals surface area (Å²) < 4.78 is 3.11. The van der Waals surface area contributed by atoms with Crippen LogP contribution in [0, 0.1) is 0 Å². The van der Waals surface area contributed by atoms with Gasteiger partial charge in [-0.2, -0.15) is 0 Å². The molecule has 0 atom stereocenters. The van der Waals surface area contributed by atoms with Crippen LogP contribution in [-0.4, -0.2) is 5.11 Å². The van der Waals surface area contributed by atoms with Crippen LogP contribution in [0.3, 0.4) is 0 Å². The summed E-state index contributed by atoms with van der Waals surface area (Å²) in [5.74, 6) is 0.193. The van der Waals surface area contributed by atoms with Crippen LogP contribution in [-0.2, 0) is 5.41 Å². The molecule has 0 radical (unpaired) electrons. The van der Waals surface area contributed by atoms with Gasteiger partial charge in [0.15, 0.2) is 0 Å². The minimum absolute atomic E-state index is 0.193. The molecule has 2 aromatic carbocycles. The average molecular weight is 543 g/mol. The molecule has 6 heteroatoms. The monoisotopic (exact) mass is 539 g/mol. The van der Waals surface area contributed by atoms with E-state index in [0.717, 1.165) is 20.1 Å². The summed E-state index contributed by atoms with van der Waals surface area (Å²) in [6.45, 7) is 4.20. The van der Waals surface area contributed by atoms with E-state index >= 15 is 0 Å². The van der Waals surface area contributed by atoms with Gasteiger partial charge in [0.05, 0.1) is 14.6 Å². The zero-order chi connectivity index (χ0) is 15.9. The van der Waals surface area contributed by atoms with Crippen molar-refractivity contribution in [2.75, 3.05) is 5.73 Å². The van der Waals surface area contributed by atoms with Gasteiger partial charge in [-0.3, -0.25) is 0 Å². The molecule has 0 unspecified atom stereocenters. The first-order chi connectivity index (χ1) is 9.64. The van der Waals surface area contributed by atoms with Gasteiger partial charge in [-0.05, 0) is 83.2 Å². The van der Waals surface area contributed by atoms with E-state index in [1.807, 2.05) is 24.3 Å². The Kier molecular flexibility index (Phi) is 5.13. The zero-order valence-corrected chi connectivity index (χ0v) is 17.7. The summed E-state index contributed by atoms with van der Waals surface area (Å²) in [4.78, 5) is 0. The lowest BCUT2D eigenvalue weighted by Crippen LogP contribution is -2.21. The van der Waals surface area contributed by atoms with Crippen molar-refractivity contribution in [3.05, 3.63) is 53.3 Å². The van der Waals surface area contributed by atoms with Crippen LogP contribution < -0.4 is 5.73 Å². The first-order valence-electron chi connectivity index (χ1n) is 6.08. The minimum Gasteiger partial charge on any atom is -0.506 e. The van der Waals surface area contributed by atoms with E-state index in [9.17, 15) is 5.11 Å². The summed E-state index contributed by atoms with van der Waals surface area (Å²) in [7, 11) is 0. The van der Waals surface area contributed by atoms with Crippen molar-refractivity contribution >= 4 is 69.4 Å². The number of hydrogen-bond acceptors (Lipinski definition) is 2. The van der Waals surface area contributed by atoms with Crippen molar-refractivity contribution < 1.29 is 5.11 Å². The number of aromatic hydroxyl groups is 1. The SMILES string of the molecule is CC(C)(c1cc(Br)c(O)c(Br)c1)c1cc(Br)cc(Br)c1N. The van der Waals surface area contributed by atoms with Gasteiger partial charge in [0.25, 0.3) is 0 Å². The van der Waals surface area contributed by atoms with Crippen LogP contribution in [0.5, 0.6) is 5.75 Å². The van der Waals surface area contributed by atoms with E-state index in [1.165, 1.54) is 0 Å². The molecule has 0 bridgehead atoms. The van der Waals surface area contributed by atoms with Crippen LogP contribution in [0.2, 0.25) is 0 Å². The fraction of sp³-hybridized carbons (Fsp3) is 0.200. The quantitative estimate of drug-likeness (QED) is 0.435. The molecular formula is C15H13Br4NO. The van der Waals surface area contributed by atoms with Gasteiger partial charge in [-0.25, -0.2) is 0 Å². The topological polar surface area (TPSA) is 46.2 Å². The maximum atomic E-state index is 9.88. The smallest absolute Gasteiger partial charge is 0.143 e. The van der Waals surface area contributed by atoms with E-state index in [0.29, 0.717) is 14.6 Å². The maximum Gasteiger partial charge on any atom is 0.143 e. The molecule has 21 heavy (non-hydrogen) atoms. The lowest BCUT2D eigenvalue weighted by Gasteiger charge is -2.29. The van der Waals surface area contributed by atoms with E-state index in [4.69, 9.17) is 5.73 Å². The molecule has 3 N–H and O–H groups in total. The molecule has 2 nitrogen and oxygen atoms in total. The third-order valence-corrected chi connectivity index (χ3v) is 5.83. The Bertz CT molecular complexity index is 690. The third-order valence-electron chi connectivity index (χ3n) is 3.51. The van der Waals surface area contributed by atoms with Crippen LogP contribution in [0.15, 0.2) is 42.2 Å². The van der Waals surface area contributed by atoms with Gasteiger partial charge in [-0.1, -0.05) is 29.8 Å². The zero-order valence-electron chi connectivity index (χ0n) is 11.3. The highest BCUT2D eigenvalue weighted by atomic mass is 79.9. The Morgan fingerprint density at radius 3 is 1.95 bits per heavy atom. The van der Waals surface area contributed by atoms with Gasteiger partial charge in [0.2, 0.25) is 0 Å². The molecule has 0 amide bonds. The number of phenolic OH excluding ortho intramolecular Hbond substituents is 1. The second kappa shape index (κ2) is 6.22. The summed E-state index contributed by atoms with van der Waals surface area (Å²) in [6, 6.07) is 7.77. The van der Waals surface area contributed by atoms with Crippen molar-refractivity contribution in [3.8, 4) is 5.75 Å². The number of benzene rings is 2. The van der Waals surface area contributed by atoms with Crippen molar-refractivity contribution in [3.63, 3.8) is 0 Å². The highest BCUT2D eigenvalue weighted by Crippen LogP contribution is 2.43. The second-order valence-electron chi connectivity index (χ2n) is 5.26. The van der Waals surface area contributed by atoms with E-state index in [1.54, 1.807) is 0 Å². The molecule has 0 saturated heterocycles. The maximum absolute atomic E-state index is 9.88. The second-order valence-corrected chi connectivity index (χ2v) is 8.74. The molecular weight excluding hydrogens is 530 g/mol. The van der Waals surface area contributed by atoms with Crippen molar-refractivity contribution in [2.24, 2.45) is 0 Å². The van der Waals surface area contributed by atoms with Crippen LogP contribution >= 0.6 is 63.7 Å². The highest BCUT2D eigenvalue weighted by molar-refractivity contribution is 9.11. The largest absolute Gasteiger partial charge is 0.506 e. The van der Waals surface area contributed by atoms with Crippen molar-refractivity contribution in [2.45, 2.75) is 19.3 Å². The molecule has 0 spiro atoms. The molecule has 112 valence electrons. The van der Waals surface area contributed by atoms with E-state index in [-0.39, 0.29) is 11.2 Å². The number of anilines is 1. The molecule has 0 aliphatic carbocycles. The van der Waals surface area contributed by atoms with Gasteiger partial charge >= 0.3 is 0 Å². The molecule has 0 aliphatic rings. The first-order valence-corrected chi connectivity index (χ1v) is 9.25. The number of rotatable bonds is 2. The Morgan fingerprint density at radius 2 is 1.43 bits per heavy atom. The summed E-state index contributed by atoms with van der Waals surface area (Å²) >= 11 is 13.8. The fourth-order valence-corrected chi connectivity index (χ4v) is 4.60. The summed E-state index contributed by atoms with van der Waals surface area (Å²) in [6.07, 6.45) is 0. The first kappa shape index (κ1) is 17.3. The van der Waals surface area contributed by atoms with Gasteiger partial charge in [0.1, 0.15) is 5.75 Å². The molecule has 0 aromatic heterocycles. The summed E-state index contributed by atoms with van der Waals surface area (Å²) in [5.41, 5.74) is 8.67. The minimum atomic E-state index is -0.324. The Morgan fingerprint density at radius 1 is 0.905 bits per heavy atom. The molecule has 0 aliphatic heterocycles. The molecule has 2 rings (SSSR count). The van der Waals surface area contributed by atoms with Crippen LogP contribution in [0.1, 0.15) is 25.0 Å². The molecule has 0 saturated carbocycles. The molecule has 0 heterocycles. The lowest BCUT2D eigenvalue weighted by molar-refractivity contribution is 0.467. The van der Waals surface area contributed by atoms with E-state index in [2.05, 4.69) is 77.6 Å². The van der Waals surface area contributed by atoms with Gasteiger partial charge < -0.3 is 10.8 Å². The molecule has 0 fully saturated rings. The number of halogens is 4. The van der Waals surface area contributed by atoms with E-state index < -0.39 is 0 Å². The Labute approximate surface area is 157 Å². The predicted molar refractivity (Wildman–Crippen MR) is 102 cm³/mol. The van der Waals surface area contributed by atoms with Crippen LogP contribution in [0.25, 0.3) is 0 Å². The third kappa shape index (κ3) is 3.33. The number of nitrogen functional groups attached to an aromatic ring is 1. The summed E-state index contributed by atoms with van der Waals surface area (Å²) in [5, 5.41) is 9.88. The number of phenols is 1. The Hall–Kier alpha value is -0.0400. The average Bonchev–Trinajstić information content (AvgIpc) is 2.39. The number of hydrogen-bond donors (Lipinski definition) is 2. The van der Waals surface area contributed by atoms with Gasteiger partial charge in [0, 0.05) is 14.4 Å². The van der Waals surface area contributed by atoms with Crippen LogP contribution in [0.4, 0.5) is 5.69 Å².